The third kappa shape index (κ3) is 5.61. The molecule has 1 aliphatic carbocycles. The maximum atomic E-state index is 13.3. The molecule has 2 aromatic heterocycles. The predicted octanol–water partition coefficient (Wildman–Crippen LogP) is 4.21. The fourth-order valence-corrected chi connectivity index (χ4v) is 6.01. The van der Waals surface area contributed by atoms with Crippen LogP contribution in [0.4, 0.5) is 19.0 Å². The van der Waals surface area contributed by atoms with Crippen molar-refractivity contribution in [2.75, 3.05) is 38.2 Å². The van der Waals surface area contributed by atoms with Crippen molar-refractivity contribution in [3.63, 3.8) is 0 Å². The Bertz CT molecular complexity index is 1350. The maximum absolute atomic E-state index is 13.3. The number of carbonyl (C=O) groups excluding carboxylic acids is 1. The van der Waals surface area contributed by atoms with E-state index in [9.17, 15) is 18.0 Å². The number of aryl methyl sites for hydroxylation is 1. The van der Waals surface area contributed by atoms with Crippen LogP contribution in [0.3, 0.4) is 0 Å². The smallest absolute Gasteiger partial charge is 0.380 e. The number of rotatable bonds is 8. The largest absolute Gasteiger partial charge is 0.416 e. The summed E-state index contributed by atoms with van der Waals surface area (Å²) in [5.41, 5.74) is 1.97. The SMILES string of the molecule is O=C(CNc1ncnc2ccc(C(F)(F)F)cc12)CC1CN(C2CCOC2)C[C@@H]1OC1CCc2cnccc21. The van der Waals surface area contributed by atoms with Crippen molar-refractivity contribution in [1.29, 1.82) is 0 Å². The maximum Gasteiger partial charge on any atom is 0.416 e. The van der Waals surface area contributed by atoms with Gasteiger partial charge in [-0.3, -0.25) is 14.7 Å². The molecule has 3 unspecified atom stereocenters. The summed E-state index contributed by atoms with van der Waals surface area (Å²) in [5, 5.41) is 3.18. The fourth-order valence-electron chi connectivity index (χ4n) is 6.01. The van der Waals surface area contributed by atoms with Crippen LogP contribution in [0.2, 0.25) is 0 Å². The number of anilines is 1. The van der Waals surface area contributed by atoms with E-state index < -0.39 is 11.7 Å². The van der Waals surface area contributed by atoms with E-state index in [1.807, 2.05) is 12.3 Å². The number of ketones is 1. The molecule has 2 saturated heterocycles. The second-order valence-electron chi connectivity index (χ2n) is 10.6. The first-order chi connectivity index (χ1) is 18.8. The second-order valence-corrected chi connectivity index (χ2v) is 10.6. The minimum absolute atomic E-state index is 0.00441. The normalized spacial score (nSPS) is 25.3. The lowest BCUT2D eigenvalue weighted by Gasteiger charge is -2.24. The third-order valence-electron chi connectivity index (χ3n) is 8.04. The zero-order valence-corrected chi connectivity index (χ0v) is 21.4. The van der Waals surface area contributed by atoms with Crippen molar-refractivity contribution < 1.29 is 27.4 Å². The second kappa shape index (κ2) is 10.8. The van der Waals surface area contributed by atoms with Gasteiger partial charge in [-0.2, -0.15) is 13.2 Å². The Hall–Kier alpha value is -3.15. The molecule has 0 saturated carbocycles. The Kier molecular flexibility index (Phi) is 7.22. The van der Waals surface area contributed by atoms with E-state index in [0.29, 0.717) is 24.6 Å². The number of fused-ring (bicyclic) bond motifs is 2. The summed E-state index contributed by atoms with van der Waals surface area (Å²) in [6.07, 6.45) is 3.45. The molecular weight excluding hydrogens is 511 g/mol. The van der Waals surface area contributed by atoms with Gasteiger partial charge in [0.15, 0.2) is 5.78 Å². The van der Waals surface area contributed by atoms with Crippen LogP contribution in [0.15, 0.2) is 43.0 Å². The van der Waals surface area contributed by atoms with Crippen LogP contribution in [0.5, 0.6) is 0 Å². The third-order valence-corrected chi connectivity index (χ3v) is 8.04. The number of hydrogen-bond donors (Lipinski definition) is 1. The average molecular weight is 542 g/mol. The summed E-state index contributed by atoms with van der Waals surface area (Å²) in [6, 6.07) is 5.66. The number of hydrogen-bond acceptors (Lipinski definition) is 8. The van der Waals surface area contributed by atoms with Crippen molar-refractivity contribution in [1.82, 2.24) is 19.9 Å². The van der Waals surface area contributed by atoms with Gasteiger partial charge in [-0.15, -0.1) is 0 Å². The molecular formula is C28H30F3N5O3. The first-order valence-electron chi connectivity index (χ1n) is 13.3. The van der Waals surface area contributed by atoms with Gasteiger partial charge in [0.25, 0.3) is 0 Å². The Morgan fingerprint density at radius 3 is 2.90 bits per heavy atom. The number of nitrogens with zero attached hydrogens (tertiary/aromatic N) is 4. The Morgan fingerprint density at radius 2 is 2.08 bits per heavy atom. The molecule has 1 N–H and O–H groups in total. The molecule has 0 bridgehead atoms. The highest BCUT2D eigenvalue weighted by Gasteiger charge is 2.41. The molecule has 11 heteroatoms. The van der Waals surface area contributed by atoms with Gasteiger partial charge in [-0.05, 0) is 54.7 Å². The summed E-state index contributed by atoms with van der Waals surface area (Å²) in [6.45, 7) is 2.87. The predicted molar refractivity (Wildman–Crippen MR) is 137 cm³/mol. The summed E-state index contributed by atoms with van der Waals surface area (Å²) in [5.74, 6) is 0.164. The highest BCUT2D eigenvalue weighted by molar-refractivity contribution is 5.91. The number of Topliss-reactive ketones (excluding diaryl/α,β-unsaturated/α-hetero) is 1. The molecule has 39 heavy (non-hydrogen) atoms. The molecule has 3 aliphatic rings. The van der Waals surface area contributed by atoms with Crippen molar-refractivity contribution >= 4 is 22.5 Å². The molecule has 0 spiro atoms. The molecule has 1 aromatic carbocycles. The summed E-state index contributed by atoms with van der Waals surface area (Å²) >= 11 is 0. The summed E-state index contributed by atoms with van der Waals surface area (Å²) < 4.78 is 52.0. The number of ether oxygens (including phenoxy) is 2. The van der Waals surface area contributed by atoms with Crippen LogP contribution >= 0.6 is 0 Å². The molecule has 0 amide bonds. The van der Waals surface area contributed by atoms with E-state index in [1.54, 1.807) is 6.20 Å². The summed E-state index contributed by atoms with van der Waals surface area (Å²) in [7, 11) is 0. The van der Waals surface area contributed by atoms with Gasteiger partial charge in [0.1, 0.15) is 12.1 Å². The minimum atomic E-state index is -4.48. The Morgan fingerprint density at radius 1 is 1.18 bits per heavy atom. The standard InChI is InChI=1S/C28H30F3N5O3/c29-28(30,31)19-2-3-24-23(10-19)27(35-16-34-24)33-12-21(37)9-18-13-36(20-6-8-38-15-20)14-26(18)39-25-4-1-17-11-32-7-5-22(17)25/h2-3,5,7,10-11,16,18,20,25-26H,1,4,6,8-9,12-15H2,(H,33,34,35)/t18?,20?,25?,26-/m0/s1. The van der Waals surface area contributed by atoms with Crippen LogP contribution in [-0.4, -0.2) is 70.6 Å². The minimum Gasteiger partial charge on any atom is -0.380 e. The fraction of sp³-hybridized carbons (Fsp3) is 0.500. The molecule has 3 aromatic rings. The van der Waals surface area contributed by atoms with Gasteiger partial charge in [0.05, 0.1) is 36.4 Å². The van der Waals surface area contributed by atoms with E-state index in [2.05, 4.69) is 25.2 Å². The monoisotopic (exact) mass is 541 g/mol. The average Bonchev–Trinajstić information content (AvgIpc) is 3.68. The molecule has 0 radical (unpaired) electrons. The van der Waals surface area contributed by atoms with Crippen LogP contribution < -0.4 is 5.32 Å². The molecule has 206 valence electrons. The van der Waals surface area contributed by atoms with Crippen molar-refractivity contribution in [3.05, 3.63) is 59.7 Å². The number of likely N-dealkylation sites (tertiary alicyclic amines) is 1. The number of alkyl halides is 3. The van der Waals surface area contributed by atoms with Crippen LogP contribution in [-0.2, 0) is 26.9 Å². The lowest BCUT2D eigenvalue weighted by Crippen LogP contribution is -2.34. The summed E-state index contributed by atoms with van der Waals surface area (Å²) in [4.78, 5) is 27.9. The number of halogens is 3. The van der Waals surface area contributed by atoms with Crippen molar-refractivity contribution in [2.45, 2.75) is 50.1 Å². The number of aromatic nitrogens is 3. The van der Waals surface area contributed by atoms with Gasteiger partial charge >= 0.3 is 6.18 Å². The van der Waals surface area contributed by atoms with Crippen LogP contribution in [0, 0.1) is 5.92 Å². The lowest BCUT2D eigenvalue weighted by molar-refractivity contribution is -0.137. The van der Waals surface area contributed by atoms with Crippen molar-refractivity contribution in [2.24, 2.45) is 5.92 Å². The zero-order valence-electron chi connectivity index (χ0n) is 21.4. The van der Waals surface area contributed by atoms with Crippen LogP contribution in [0.1, 0.15) is 42.1 Å². The van der Waals surface area contributed by atoms with E-state index in [0.717, 1.165) is 51.1 Å². The lowest BCUT2D eigenvalue weighted by atomic mass is 9.98. The van der Waals surface area contributed by atoms with Gasteiger partial charge in [-0.25, -0.2) is 9.97 Å². The van der Waals surface area contributed by atoms with Gasteiger partial charge in [-0.1, -0.05) is 0 Å². The first-order valence-corrected chi connectivity index (χ1v) is 13.3. The first kappa shape index (κ1) is 26.1. The highest BCUT2D eigenvalue weighted by Crippen LogP contribution is 2.38. The van der Waals surface area contributed by atoms with Crippen molar-refractivity contribution in [3.8, 4) is 0 Å². The van der Waals surface area contributed by atoms with Gasteiger partial charge in [0.2, 0.25) is 0 Å². The van der Waals surface area contributed by atoms with Gasteiger partial charge in [0, 0.05) is 55.9 Å². The molecule has 8 nitrogen and oxygen atoms in total. The quantitative estimate of drug-likeness (QED) is 0.454. The molecule has 6 rings (SSSR count). The van der Waals surface area contributed by atoms with E-state index in [1.165, 1.54) is 23.5 Å². The number of pyridine rings is 1. The van der Waals surface area contributed by atoms with E-state index in [4.69, 9.17) is 9.47 Å². The van der Waals surface area contributed by atoms with E-state index >= 15 is 0 Å². The highest BCUT2D eigenvalue weighted by atomic mass is 19.4. The number of nitrogens with one attached hydrogen (secondary N) is 1. The number of benzene rings is 1. The Balaban J connectivity index is 1.14. The molecule has 4 atom stereocenters. The number of carbonyl (C=O) groups is 1. The van der Waals surface area contributed by atoms with Gasteiger partial charge < -0.3 is 14.8 Å². The Labute approximate surface area is 223 Å². The molecule has 2 aliphatic heterocycles. The molecule has 2 fully saturated rings. The topological polar surface area (TPSA) is 89.5 Å². The van der Waals surface area contributed by atoms with E-state index in [-0.39, 0.29) is 41.7 Å². The van der Waals surface area contributed by atoms with Crippen LogP contribution in [0.25, 0.3) is 10.9 Å². The molecule has 4 heterocycles. The zero-order chi connectivity index (χ0) is 27.0.